The maximum absolute atomic E-state index is 12.3. The Morgan fingerprint density at radius 1 is 1.39 bits per heavy atom. The first-order chi connectivity index (χ1) is 11.2. The lowest BCUT2D eigenvalue weighted by atomic mass is 10.0. The molecule has 1 unspecified atom stereocenters. The number of rotatable bonds is 3. The average molecular weight is 310 g/mol. The zero-order valence-electron chi connectivity index (χ0n) is 13.0. The fourth-order valence-corrected chi connectivity index (χ4v) is 3.25. The van der Waals surface area contributed by atoms with Gasteiger partial charge in [-0.1, -0.05) is 0 Å². The predicted octanol–water partition coefficient (Wildman–Crippen LogP) is 2.27. The normalized spacial score (nSPS) is 18.0. The Morgan fingerprint density at radius 3 is 3.09 bits per heavy atom. The summed E-state index contributed by atoms with van der Waals surface area (Å²) >= 11 is 0. The summed E-state index contributed by atoms with van der Waals surface area (Å²) in [7, 11) is 2.00. The van der Waals surface area contributed by atoms with Gasteiger partial charge in [-0.05, 0) is 36.6 Å². The SMILES string of the molecule is Cn1c(CC2CCN(C(=O)c3ccco3)C2)nc2cccnc21. The molecule has 0 N–H and O–H groups in total. The number of carbonyl (C=O) groups is 1. The molecule has 1 aliphatic rings. The Morgan fingerprint density at radius 2 is 2.30 bits per heavy atom. The van der Waals surface area contributed by atoms with Crippen LogP contribution in [-0.2, 0) is 13.5 Å². The second kappa shape index (κ2) is 5.53. The molecule has 23 heavy (non-hydrogen) atoms. The van der Waals surface area contributed by atoms with Crippen LogP contribution in [0.5, 0.6) is 0 Å². The number of fused-ring (bicyclic) bond motifs is 1. The van der Waals surface area contributed by atoms with E-state index in [2.05, 4.69) is 9.97 Å². The molecule has 1 aliphatic heterocycles. The summed E-state index contributed by atoms with van der Waals surface area (Å²) < 4.78 is 7.25. The van der Waals surface area contributed by atoms with Crippen LogP contribution in [0.4, 0.5) is 0 Å². The van der Waals surface area contributed by atoms with Gasteiger partial charge in [0.1, 0.15) is 11.3 Å². The van der Waals surface area contributed by atoms with Crippen molar-refractivity contribution in [2.75, 3.05) is 13.1 Å². The first kappa shape index (κ1) is 14.0. The van der Waals surface area contributed by atoms with Gasteiger partial charge in [-0.3, -0.25) is 4.79 Å². The average Bonchev–Trinajstić information content (AvgIpc) is 3.29. The van der Waals surface area contributed by atoms with Gasteiger partial charge in [0.05, 0.1) is 6.26 Å². The van der Waals surface area contributed by atoms with E-state index in [1.807, 2.05) is 28.6 Å². The van der Waals surface area contributed by atoms with Gasteiger partial charge in [0, 0.05) is 32.8 Å². The molecule has 0 aromatic carbocycles. The smallest absolute Gasteiger partial charge is 0.289 e. The number of likely N-dealkylation sites (tertiary alicyclic amines) is 1. The molecule has 3 aromatic rings. The Labute approximate surface area is 133 Å². The van der Waals surface area contributed by atoms with Gasteiger partial charge in [0.15, 0.2) is 11.4 Å². The maximum Gasteiger partial charge on any atom is 0.289 e. The highest BCUT2D eigenvalue weighted by Crippen LogP contribution is 2.23. The maximum atomic E-state index is 12.3. The molecule has 3 aromatic heterocycles. The molecule has 1 atom stereocenters. The van der Waals surface area contributed by atoms with Crippen molar-refractivity contribution < 1.29 is 9.21 Å². The molecule has 0 spiro atoms. The molecule has 4 rings (SSSR count). The molecule has 118 valence electrons. The van der Waals surface area contributed by atoms with E-state index in [1.54, 1.807) is 18.3 Å². The van der Waals surface area contributed by atoms with Crippen molar-refractivity contribution in [3.8, 4) is 0 Å². The zero-order valence-corrected chi connectivity index (χ0v) is 13.0. The van der Waals surface area contributed by atoms with E-state index in [4.69, 9.17) is 4.42 Å². The molecule has 0 bridgehead atoms. The van der Waals surface area contributed by atoms with Crippen LogP contribution >= 0.6 is 0 Å². The Bertz CT molecular complexity index is 838. The first-order valence-electron chi connectivity index (χ1n) is 7.81. The Balaban J connectivity index is 1.48. The van der Waals surface area contributed by atoms with Crippen molar-refractivity contribution in [3.05, 3.63) is 48.3 Å². The third-order valence-electron chi connectivity index (χ3n) is 4.50. The van der Waals surface area contributed by atoms with Crippen LogP contribution in [0.25, 0.3) is 11.2 Å². The summed E-state index contributed by atoms with van der Waals surface area (Å²) in [6.45, 7) is 1.52. The minimum atomic E-state index is -0.0239. The highest BCUT2D eigenvalue weighted by atomic mass is 16.3. The van der Waals surface area contributed by atoms with E-state index >= 15 is 0 Å². The monoisotopic (exact) mass is 310 g/mol. The van der Waals surface area contributed by atoms with Crippen LogP contribution in [0.3, 0.4) is 0 Å². The van der Waals surface area contributed by atoms with E-state index in [0.29, 0.717) is 11.7 Å². The van der Waals surface area contributed by atoms with Crippen molar-refractivity contribution in [1.82, 2.24) is 19.4 Å². The summed E-state index contributed by atoms with van der Waals surface area (Å²) in [4.78, 5) is 23.2. The highest BCUT2D eigenvalue weighted by molar-refractivity contribution is 5.91. The molecule has 0 saturated carbocycles. The van der Waals surface area contributed by atoms with Gasteiger partial charge in [0.25, 0.3) is 5.91 Å². The second-order valence-electron chi connectivity index (χ2n) is 6.02. The summed E-state index contributed by atoms with van der Waals surface area (Å²) in [5.74, 6) is 1.84. The van der Waals surface area contributed by atoms with Crippen LogP contribution in [0.15, 0.2) is 41.1 Å². The summed E-state index contributed by atoms with van der Waals surface area (Å²) in [5, 5.41) is 0. The molecule has 1 saturated heterocycles. The zero-order chi connectivity index (χ0) is 15.8. The number of hydrogen-bond donors (Lipinski definition) is 0. The van der Waals surface area contributed by atoms with Gasteiger partial charge in [-0.25, -0.2) is 9.97 Å². The summed E-state index contributed by atoms with van der Waals surface area (Å²) in [6.07, 6.45) is 5.16. The number of nitrogens with zero attached hydrogens (tertiary/aromatic N) is 4. The third-order valence-corrected chi connectivity index (χ3v) is 4.50. The summed E-state index contributed by atoms with van der Waals surface area (Å²) in [5.41, 5.74) is 1.83. The van der Waals surface area contributed by atoms with Crippen LogP contribution in [0.2, 0.25) is 0 Å². The quantitative estimate of drug-likeness (QED) is 0.744. The van der Waals surface area contributed by atoms with Crippen LogP contribution in [0, 0.1) is 5.92 Å². The lowest BCUT2D eigenvalue weighted by Gasteiger charge is -2.15. The largest absolute Gasteiger partial charge is 0.459 e. The van der Waals surface area contributed by atoms with E-state index < -0.39 is 0 Å². The van der Waals surface area contributed by atoms with Crippen molar-refractivity contribution in [2.45, 2.75) is 12.8 Å². The van der Waals surface area contributed by atoms with Gasteiger partial charge < -0.3 is 13.9 Å². The molecule has 1 fully saturated rings. The first-order valence-corrected chi connectivity index (χ1v) is 7.81. The molecule has 0 aliphatic carbocycles. The molecule has 1 amide bonds. The topological polar surface area (TPSA) is 64.2 Å². The number of amides is 1. The lowest BCUT2D eigenvalue weighted by molar-refractivity contribution is 0.0755. The molecule has 6 nitrogen and oxygen atoms in total. The number of pyridine rings is 1. The molecule has 0 radical (unpaired) electrons. The van der Waals surface area contributed by atoms with Crippen molar-refractivity contribution in [2.24, 2.45) is 13.0 Å². The van der Waals surface area contributed by atoms with Crippen molar-refractivity contribution in [1.29, 1.82) is 0 Å². The van der Waals surface area contributed by atoms with E-state index in [1.165, 1.54) is 6.26 Å². The fourth-order valence-electron chi connectivity index (χ4n) is 3.25. The molecule has 6 heteroatoms. The van der Waals surface area contributed by atoms with Crippen LogP contribution in [0.1, 0.15) is 22.8 Å². The van der Waals surface area contributed by atoms with Crippen LogP contribution in [-0.4, -0.2) is 38.4 Å². The van der Waals surface area contributed by atoms with E-state index in [9.17, 15) is 4.79 Å². The predicted molar refractivity (Wildman–Crippen MR) is 84.9 cm³/mol. The van der Waals surface area contributed by atoms with E-state index in [-0.39, 0.29) is 5.91 Å². The fraction of sp³-hybridized carbons (Fsp3) is 0.353. The van der Waals surface area contributed by atoms with Gasteiger partial charge in [-0.15, -0.1) is 0 Å². The Kier molecular flexibility index (Phi) is 3.37. The van der Waals surface area contributed by atoms with Gasteiger partial charge in [-0.2, -0.15) is 0 Å². The number of imidazole rings is 1. The standard InChI is InChI=1S/C17H18N4O2/c1-20-15(19-13-4-2-7-18-16(13)20)10-12-6-8-21(11-12)17(22)14-5-3-9-23-14/h2-5,7,9,12H,6,8,10-11H2,1H3. The van der Waals surface area contributed by atoms with E-state index in [0.717, 1.165) is 42.9 Å². The van der Waals surface area contributed by atoms with Crippen molar-refractivity contribution >= 4 is 17.1 Å². The van der Waals surface area contributed by atoms with Gasteiger partial charge >= 0.3 is 0 Å². The summed E-state index contributed by atoms with van der Waals surface area (Å²) in [6, 6.07) is 7.34. The van der Waals surface area contributed by atoms with Crippen LogP contribution < -0.4 is 0 Å². The number of aromatic nitrogens is 3. The minimum absolute atomic E-state index is 0.0239. The second-order valence-corrected chi connectivity index (χ2v) is 6.02. The molecule has 4 heterocycles. The number of carbonyl (C=O) groups excluding carboxylic acids is 1. The number of aryl methyl sites for hydroxylation is 1. The highest BCUT2D eigenvalue weighted by Gasteiger charge is 2.29. The lowest BCUT2D eigenvalue weighted by Crippen LogP contribution is -2.28. The molecular formula is C17H18N4O2. The minimum Gasteiger partial charge on any atom is -0.459 e. The molecular weight excluding hydrogens is 292 g/mol. The van der Waals surface area contributed by atoms with Gasteiger partial charge in [0.2, 0.25) is 0 Å². The third kappa shape index (κ3) is 2.50. The van der Waals surface area contributed by atoms with Crippen molar-refractivity contribution in [3.63, 3.8) is 0 Å². The number of hydrogen-bond acceptors (Lipinski definition) is 4. The Hall–Kier alpha value is -2.63. The number of furan rings is 1.